The number of sulfonamides is 1. The van der Waals surface area contributed by atoms with Gasteiger partial charge in [0.15, 0.2) is 0 Å². The van der Waals surface area contributed by atoms with Crippen molar-refractivity contribution in [2.75, 3.05) is 13.1 Å². The highest BCUT2D eigenvalue weighted by Gasteiger charge is 2.36. The van der Waals surface area contributed by atoms with Crippen LogP contribution < -0.4 is 0 Å². The van der Waals surface area contributed by atoms with Crippen LogP contribution in [-0.4, -0.2) is 41.8 Å². The number of halogens is 1. The summed E-state index contributed by atoms with van der Waals surface area (Å²) >= 11 is 3.04. The lowest BCUT2D eigenvalue weighted by atomic mass is 10.1. The molecule has 1 aliphatic rings. The average Bonchev–Trinajstić information content (AvgIpc) is 2.88. The maximum Gasteiger partial charge on any atom is 0.307 e. The normalized spacial score (nSPS) is 19.6. The number of nitrogens with zero attached hydrogens (tertiary/aromatic N) is 2. The summed E-state index contributed by atoms with van der Waals surface area (Å²) in [6, 6.07) is 3.42. The SMILES string of the molecule is O=C(O)C1CCN(S(=O)(=O)c2cc(Br)cc([N+](=O)[O-])c2)C1. The molecule has 1 saturated heterocycles. The standard InChI is InChI=1S/C11H11BrN2O6S/c12-8-3-9(14(17)18)5-10(4-8)21(19,20)13-2-1-7(6-13)11(15)16/h3-5,7H,1-2,6H2,(H,15,16). The first-order chi connectivity index (χ1) is 9.71. The summed E-state index contributed by atoms with van der Waals surface area (Å²) in [5.41, 5.74) is -0.350. The highest BCUT2D eigenvalue weighted by Crippen LogP contribution is 2.29. The molecule has 1 N–H and O–H groups in total. The fourth-order valence-electron chi connectivity index (χ4n) is 2.10. The van der Waals surface area contributed by atoms with Crippen LogP contribution in [0.2, 0.25) is 0 Å². The third kappa shape index (κ3) is 3.22. The van der Waals surface area contributed by atoms with Crippen molar-refractivity contribution in [1.82, 2.24) is 4.31 Å². The molecule has 0 spiro atoms. The summed E-state index contributed by atoms with van der Waals surface area (Å²) in [5, 5.41) is 19.7. The van der Waals surface area contributed by atoms with E-state index in [-0.39, 0.29) is 34.6 Å². The van der Waals surface area contributed by atoms with Crippen LogP contribution in [0.3, 0.4) is 0 Å². The van der Waals surface area contributed by atoms with Gasteiger partial charge in [-0.05, 0) is 12.5 Å². The van der Waals surface area contributed by atoms with Gasteiger partial charge >= 0.3 is 5.97 Å². The number of carboxylic acid groups (broad SMARTS) is 1. The van der Waals surface area contributed by atoms with E-state index in [9.17, 15) is 23.3 Å². The zero-order chi connectivity index (χ0) is 15.8. The lowest BCUT2D eigenvalue weighted by Gasteiger charge is -2.16. The van der Waals surface area contributed by atoms with Crippen molar-refractivity contribution in [3.8, 4) is 0 Å². The third-order valence-corrected chi connectivity index (χ3v) is 5.51. The number of carboxylic acids is 1. The van der Waals surface area contributed by atoms with Gasteiger partial charge in [0.1, 0.15) is 0 Å². The molecular weight excluding hydrogens is 368 g/mol. The number of benzene rings is 1. The minimum Gasteiger partial charge on any atom is -0.481 e. The van der Waals surface area contributed by atoms with Crippen LogP contribution in [0, 0.1) is 16.0 Å². The van der Waals surface area contributed by atoms with Gasteiger partial charge in [-0.15, -0.1) is 0 Å². The van der Waals surface area contributed by atoms with Gasteiger partial charge in [-0.3, -0.25) is 14.9 Å². The van der Waals surface area contributed by atoms with E-state index < -0.39 is 26.8 Å². The second-order valence-corrected chi connectivity index (χ2v) is 7.44. The molecule has 1 unspecified atom stereocenters. The fraction of sp³-hybridized carbons (Fsp3) is 0.364. The molecule has 1 atom stereocenters. The van der Waals surface area contributed by atoms with E-state index in [0.717, 1.165) is 10.4 Å². The number of hydrogen-bond donors (Lipinski definition) is 1. The minimum absolute atomic E-state index is 0.0829. The van der Waals surface area contributed by atoms with E-state index in [4.69, 9.17) is 5.11 Å². The van der Waals surface area contributed by atoms with Gasteiger partial charge in [0.25, 0.3) is 5.69 Å². The molecule has 0 saturated carbocycles. The highest BCUT2D eigenvalue weighted by molar-refractivity contribution is 9.10. The summed E-state index contributed by atoms with van der Waals surface area (Å²) < 4.78 is 26.1. The number of nitro groups is 1. The molecule has 0 radical (unpaired) electrons. The Bertz CT molecular complexity index is 705. The molecular formula is C11H11BrN2O6S. The summed E-state index contributed by atoms with van der Waals surface area (Å²) in [6.07, 6.45) is 0.227. The van der Waals surface area contributed by atoms with E-state index in [1.165, 1.54) is 12.1 Å². The van der Waals surface area contributed by atoms with Crippen molar-refractivity contribution >= 4 is 37.6 Å². The predicted molar refractivity (Wildman–Crippen MR) is 75.3 cm³/mol. The summed E-state index contributed by atoms with van der Waals surface area (Å²) in [7, 11) is -3.95. The van der Waals surface area contributed by atoms with E-state index >= 15 is 0 Å². The van der Waals surface area contributed by atoms with Crippen molar-refractivity contribution in [3.63, 3.8) is 0 Å². The van der Waals surface area contributed by atoms with Gasteiger partial charge in [0.05, 0.1) is 15.7 Å². The molecule has 0 amide bonds. The first-order valence-corrected chi connectivity index (χ1v) is 8.13. The Morgan fingerprint density at radius 3 is 2.62 bits per heavy atom. The Hall–Kier alpha value is -1.52. The maximum absolute atomic E-state index is 12.4. The van der Waals surface area contributed by atoms with Crippen LogP contribution in [0.5, 0.6) is 0 Å². The molecule has 0 aliphatic carbocycles. The first kappa shape index (κ1) is 15.9. The molecule has 8 nitrogen and oxygen atoms in total. The largest absolute Gasteiger partial charge is 0.481 e. The molecule has 1 fully saturated rings. The van der Waals surface area contributed by atoms with Crippen molar-refractivity contribution in [1.29, 1.82) is 0 Å². The minimum atomic E-state index is -3.95. The Morgan fingerprint density at radius 2 is 2.10 bits per heavy atom. The summed E-state index contributed by atoms with van der Waals surface area (Å²) in [5.74, 6) is -1.80. The number of nitro benzene ring substituents is 1. The number of carbonyl (C=O) groups is 1. The predicted octanol–water partition coefficient (Wildman–Crippen LogP) is 1.45. The molecule has 1 aliphatic heterocycles. The molecule has 1 heterocycles. The van der Waals surface area contributed by atoms with Gasteiger partial charge in [-0.2, -0.15) is 4.31 Å². The zero-order valence-electron chi connectivity index (χ0n) is 10.6. The topological polar surface area (TPSA) is 118 Å². The average molecular weight is 379 g/mol. The monoisotopic (exact) mass is 378 g/mol. The number of rotatable bonds is 4. The molecule has 2 rings (SSSR count). The molecule has 1 aromatic carbocycles. The second-order valence-electron chi connectivity index (χ2n) is 4.59. The smallest absolute Gasteiger partial charge is 0.307 e. The number of non-ortho nitro benzene ring substituents is 1. The molecule has 0 bridgehead atoms. The van der Waals surface area contributed by atoms with Crippen molar-refractivity contribution in [2.24, 2.45) is 5.92 Å². The van der Waals surface area contributed by atoms with Crippen LogP contribution in [0.15, 0.2) is 27.6 Å². The maximum atomic E-state index is 12.4. The number of aliphatic carboxylic acids is 1. The summed E-state index contributed by atoms with van der Waals surface area (Å²) in [6.45, 7) is -0.0441. The Balaban J connectivity index is 2.37. The lowest BCUT2D eigenvalue weighted by Crippen LogP contribution is -2.30. The van der Waals surface area contributed by atoms with Gasteiger partial charge in [0.2, 0.25) is 10.0 Å². The van der Waals surface area contributed by atoms with Crippen molar-refractivity contribution in [2.45, 2.75) is 11.3 Å². The molecule has 1 aromatic rings. The van der Waals surface area contributed by atoms with Gasteiger partial charge in [-0.1, -0.05) is 15.9 Å². The van der Waals surface area contributed by atoms with Gasteiger partial charge in [-0.25, -0.2) is 8.42 Å². The second kappa shape index (κ2) is 5.70. The third-order valence-electron chi connectivity index (χ3n) is 3.20. The van der Waals surface area contributed by atoms with Gasteiger partial charge < -0.3 is 5.11 Å². The Morgan fingerprint density at radius 1 is 1.43 bits per heavy atom. The van der Waals surface area contributed by atoms with E-state index in [2.05, 4.69) is 15.9 Å². The fourth-order valence-corrected chi connectivity index (χ4v) is 4.30. The van der Waals surface area contributed by atoms with Gasteiger partial charge in [0, 0.05) is 29.7 Å². The van der Waals surface area contributed by atoms with Crippen LogP contribution in [0.25, 0.3) is 0 Å². The molecule has 0 aromatic heterocycles. The lowest BCUT2D eigenvalue weighted by molar-refractivity contribution is -0.385. The molecule has 21 heavy (non-hydrogen) atoms. The first-order valence-electron chi connectivity index (χ1n) is 5.90. The van der Waals surface area contributed by atoms with Crippen molar-refractivity contribution in [3.05, 3.63) is 32.8 Å². The van der Waals surface area contributed by atoms with Crippen LogP contribution in [-0.2, 0) is 14.8 Å². The van der Waals surface area contributed by atoms with E-state index in [1.54, 1.807) is 0 Å². The molecule has 114 valence electrons. The Kier molecular flexibility index (Phi) is 4.30. The number of hydrogen-bond acceptors (Lipinski definition) is 5. The Labute approximate surface area is 128 Å². The zero-order valence-corrected chi connectivity index (χ0v) is 13.0. The quantitative estimate of drug-likeness (QED) is 0.625. The van der Waals surface area contributed by atoms with E-state index in [0.29, 0.717) is 0 Å². The van der Waals surface area contributed by atoms with Crippen LogP contribution in [0.1, 0.15) is 6.42 Å². The van der Waals surface area contributed by atoms with Crippen molar-refractivity contribution < 1.29 is 23.2 Å². The van der Waals surface area contributed by atoms with Crippen LogP contribution in [0.4, 0.5) is 5.69 Å². The van der Waals surface area contributed by atoms with Crippen LogP contribution >= 0.6 is 15.9 Å². The summed E-state index contributed by atoms with van der Waals surface area (Å²) in [4.78, 5) is 20.8. The highest BCUT2D eigenvalue weighted by atomic mass is 79.9. The van der Waals surface area contributed by atoms with E-state index in [1.807, 2.05) is 0 Å². The molecule has 10 heteroatoms.